The quantitative estimate of drug-likeness (QED) is 0.603. The molecule has 1 aromatic rings. The van der Waals surface area contributed by atoms with Crippen LogP contribution in [0.2, 0.25) is 0 Å². The van der Waals surface area contributed by atoms with Gasteiger partial charge >= 0.3 is 12.1 Å². The minimum atomic E-state index is -0.498. The Hall–Kier alpha value is -2.31. The van der Waals surface area contributed by atoms with Crippen LogP contribution in [0.1, 0.15) is 65.5 Å². The number of anilines is 1. The number of carbonyl (C=O) groups excluding carboxylic acids is 2. The van der Waals surface area contributed by atoms with Crippen molar-refractivity contribution in [2.75, 3.05) is 31.1 Å². The Morgan fingerprint density at radius 3 is 2.55 bits per heavy atom. The number of amides is 1. The maximum absolute atomic E-state index is 13.0. The molecule has 172 valence electrons. The third kappa shape index (κ3) is 6.84. The van der Waals surface area contributed by atoms with Gasteiger partial charge in [0.05, 0.1) is 36.6 Å². The first-order valence-electron chi connectivity index (χ1n) is 11.6. The molecule has 7 heteroatoms. The Bertz CT molecular complexity index is 740. The van der Waals surface area contributed by atoms with Crippen LogP contribution in [0.4, 0.5) is 10.5 Å². The summed E-state index contributed by atoms with van der Waals surface area (Å²) in [6.07, 6.45) is 7.45. The summed E-state index contributed by atoms with van der Waals surface area (Å²) >= 11 is 0. The lowest BCUT2D eigenvalue weighted by Crippen LogP contribution is -2.53. The van der Waals surface area contributed by atoms with E-state index >= 15 is 0 Å². The maximum atomic E-state index is 13.0. The van der Waals surface area contributed by atoms with E-state index in [0.29, 0.717) is 18.2 Å². The van der Waals surface area contributed by atoms with E-state index < -0.39 is 5.60 Å². The molecule has 2 aliphatic rings. The summed E-state index contributed by atoms with van der Waals surface area (Å²) in [4.78, 5) is 33.4. The third-order valence-corrected chi connectivity index (χ3v) is 5.95. The molecule has 7 nitrogen and oxygen atoms in total. The summed E-state index contributed by atoms with van der Waals surface area (Å²) in [5, 5.41) is 0. The van der Waals surface area contributed by atoms with Crippen molar-refractivity contribution in [3.63, 3.8) is 0 Å². The van der Waals surface area contributed by atoms with Gasteiger partial charge in [0.25, 0.3) is 0 Å². The van der Waals surface area contributed by atoms with E-state index in [1.165, 1.54) is 19.3 Å². The molecule has 0 unspecified atom stereocenters. The van der Waals surface area contributed by atoms with Crippen LogP contribution in [0.15, 0.2) is 18.3 Å². The largest absolute Gasteiger partial charge is 0.466 e. The molecule has 0 aromatic carbocycles. The molecule has 3 rings (SSSR count). The SMILES string of the molecule is CCOC(=O)Cc1ccc(N2CCC[C@@H](N(CC3CCC3)C(=O)OC(C)(C)C)C2)cn1. The monoisotopic (exact) mass is 431 g/mol. The fraction of sp³-hybridized carbons (Fsp3) is 0.708. The molecule has 0 spiro atoms. The summed E-state index contributed by atoms with van der Waals surface area (Å²) in [6.45, 7) is 10.4. The zero-order valence-corrected chi connectivity index (χ0v) is 19.4. The first kappa shape index (κ1) is 23.4. The molecular weight excluding hydrogens is 394 g/mol. The topological polar surface area (TPSA) is 72.0 Å². The minimum absolute atomic E-state index is 0.128. The highest BCUT2D eigenvalue weighted by molar-refractivity contribution is 5.72. The molecule has 0 bridgehead atoms. The molecule has 1 aromatic heterocycles. The number of piperidine rings is 1. The number of aromatic nitrogens is 1. The number of rotatable bonds is 7. The normalized spacial score (nSPS) is 19.5. The number of pyridine rings is 1. The zero-order valence-electron chi connectivity index (χ0n) is 19.4. The summed E-state index contributed by atoms with van der Waals surface area (Å²) < 4.78 is 10.7. The van der Waals surface area contributed by atoms with Crippen LogP contribution in [0.3, 0.4) is 0 Å². The van der Waals surface area contributed by atoms with E-state index in [9.17, 15) is 9.59 Å². The van der Waals surface area contributed by atoms with Gasteiger partial charge < -0.3 is 19.3 Å². The van der Waals surface area contributed by atoms with Crippen LogP contribution in [0.25, 0.3) is 0 Å². The van der Waals surface area contributed by atoms with Crippen molar-refractivity contribution in [2.24, 2.45) is 5.92 Å². The first-order valence-corrected chi connectivity index (χ1v) is 11.6. The molecule has 1 atom stereocenters. The van der Waals surface area contributed by atoms with Crippen LogP contribution in [0, 0.1) is 5.92 Å². The number of ether oxygens (including phenoxy) is 2. The number of carbonyl (C=O) groups is 2. The third-order valence-electron chi connectivity index (χ3n) is 5.95. The Morgan fingerprint density at radius 2 is 1.97 bits per heavy atom. The van der Waals surface area contributed by atoms with Crippen molar-refractivity contribution in [1.82, 2.24) is 9.88 Å². The Labute approximate surface area is 186 Å². The highest BCUT2D eigenvalue weighted by Gasteiger charge is 2.34. The van der Waals surface area contributed by atoms with E-state index in [1.807, 2.05) is 44.0 Å². The molecule has 1 saturated heterocycles. The van der Waals surface area contributed by atoms with E-state index in [4.69, 9.17) is 9.47 Å². The van der Waals surface area contributed by atoms with Crippen molar-refractivity contribution in [2.45, 2.75) is 77.9 Å². The second-order valence-electron chi connectivity index (χ2n) is 9.66. The average Bonchev–Trinajstić information content (AvgIpc) is 2.66. The number of hydrogen-bond donors (Lipinski definition) is 0. The summed E-state index contributed by atoms with van der Waals surface area (Å²) in [5.74, 6) is 0.330. The zero-order chi connectivity index (χ0) is 22.4. The van der Waals surface area contributed by atoms with Gasteiger partial charge in [0.1, 0.15) is 5.60 Å². The van der Waals surface area contributed by atoms with E-state index in [1.54, 1.807) is 6.92 Å². The fourth-order valence-corrected chi connectivity index (χ4v) is 4.16. The number of esters is 1. The lowest BCUT2D eigenvalue weighted by molar-refractivity contribution is -0.142. The van der Waals surface area contributed by atoms with Gasteiger partial charge in [-0.05, 0) is 71.4 Å². The second-order valence-corrected chi connectivity index (χ2v) is 9.66. The lowest BCUT2D eigenvalue weighted by atomic mass is 9.84. The maximum Gasteiger partial charge on any atom is 0.410 e. The molecule has 0 radical (unpaired) electrons. The van der Waals surface area contributed by atoms with Gasteiger partial charge in [-0.15, -0.1) is 0 Å². The van der Waals surface area contributed by atoms with Gasteiger partial charge in [0.2, 0.25) is 0 Å². The smallest absolute Gasteiger partial charge is 0.410 e. The lowest BCUT2D eigenvalue weighted by Gasteiger charge is -2.43. The summed E-state index contributed by atoms with van der Waals surface area (Å²) in [6, 6.07) is 4.02. The Balaban J connectivity index is 1.66. The predicted molar refractivity (Wildman–Crippen MR) is 120 cm³/mol. The van der Waals surface area contributed by atoms with Gasteiger partial charge in [-0.3, -0.25) is 9.78 Å². The number of hydrogen-bond acceptors (Lipinski definition) is 6. The molecule has 1 aliphatic carbocycles. The van der Waals surface area contributed by atoms with E-state index in [2.05, 4.69) is 9.88 Å². The van der Waals surface area contributed by atoms with Crippen molar-refractivity contribution in [3.8, 4) is 0 Å². The van der Waals surface area contributed by atoms with Crippen LogP contribution in [-0.4, -0.2) is 59.8 Å². The van der Waals surface area contributed by atoms with Gasteiger partial charge in [0, 0.05) is 19.6 Å². The molecule has 1 aliphatic heterocycles. The molecule has 31 heavy (non-hydrogen) atoms. The number of nitrogens with zero attached hydrogens (tertiary/aromatic N) is 3. The molecule has 1 saturated carbocycles. The first-order chi connectivity index (χ1) is 14.7. The van der Waals surface area contributed by atoms with Gasteiger partial charge in [0.15, 0.2) is 0 Å². The highest BCUT2D eigenvalue weighted by atomic mass is 16.6. The van der Waals surface area contributed by atoms with Crippen molar-refractivity contribution >= 4 is 17.7 Å². The summed E-state index contributed by atoms with van der Waals surface area (Å²) in [5.41, 5.74) is 1.23. The Kier molecular flexibility index (Phi) is 7.79. The molecule has 0 N–H and O–H groups in total. The van der Waals surface area contributed by atoms with Gasteiger partial charge in [-0.1, -0.05) is 6.42 Å². The van der Waals surface area contributed by atoms with Gasteiger partial charge in [-0.25, -0.2) is 4.79 Å². The molecular formula is C24H37N3O4. The molecule has 2 fully saturated rings. The van der Waals surface area contributed by atoms with Crippen LogP contribution in [-0.2, 0) is 20.7 Å². The predicted octanol–water partition coefficient (Wildman–Crippen LogP) is 4.19. The standard InChI is InChI=1S/C24H37N3O4/c1-5-30-22(28)14-19-11-12-20(15-25-19)26-13-7-10-21(17-26)27(16-18-8-6-9-18)23(29)31-24(2,3)4/h11-12,15,18,21H,5-10,13-14,16-17H2,1-4H3/t21-/m1/s1. The van der Waals surface area contributed by atoms with E-state index in [-0.39, 0.29) is 24.5 Å². The average molecular weight is 432 g/mol. The van der Waals surface area contributed by atoms with Crippen LogP contribution >= 0.6 is 0 Å². The van der Waals surface area contributed by atoms with E-state index in [0.717, 1.165) is 38.2 Å². The molecule has 1 amide bonds. The fourth-order valence-electron chi connectivity index (χ4n) is 4.16. The minimum Gasteiger partial charge on any atom is -0.466 e. The molecule has 2 heterocycles. The Morgan fingerprint density at radius 1 is 1.19 bits per heavy atom. The highest BCUT2D eigenvalue weighted by Crippen LogP contribution is 2.30. The summed E-state index contributed by atoms with van der Waals surface area (Å²) in [7, 11) is 0. The second kappa shape index (κ2) is 10.3. The van der Waals surface area contributed by atoms with Crippen molar-refractivity contribution in [1.29, 1.82) is 0 Å². The van der Waals surface area contributed by atoms with Crippen LogP contribution < -0.4 is 4.90 Å². The van der Waals surface area contributed by atoms with Gasteiger partial charge in [-0.2, -0.15) is 0 Å². The van der Waals surface area contributed by atoms with Crippen molar-refractivity contribution < 1.29 is 19.1 Å². The van der Waals surface area contributed by atoms with Crippen molar-refractivity contribution in [3.05, 3.63) is 24.0 Å². The van der Waals surface area contributed by atoms with Crippen LogP contribution in [0.5, 0.6) is 0 Å².